The van der Waals surface area contributed by atoms with Gasteiger partial charge >= 0.3 is 0 Å². The first-order valence-electron chi connectivity index (χ1n) is 9.91. The van der Waals surface area contributed by atoms with Crippen molar-refractivity contribution in [3.05, 3.63) is 69.8 Å². The molecule has 0 saturated carbocycles. The average molecular weight is 432 g/mol. The maximum Gasteiger partial charge on any atom is 0.282 e. The van der Waals surface area contributed by atoms with Gasteiger partial charge in [-0.25, -0.2) is 8.42 Å². The molecule has 1 N–H and O–H groups in total. The van der Waals surface area contributed by atoms with Crippen molar-refractivity contribution >= 4 is 21.6 Å². The van der Waals surface area contributed by atoms with E-state index in [4.69, 9.17) is 0 Å². The lowest BCUT2D eigenvalue weighted by atomic mass is 10.0. The molecule has 2 aromatic rings. The molecule has 0 aromatic heterocycles. The quantitative estimate of drug-likeness (QED) is 0.534. The van der Waals surface area contributed by atoms with E-state index in [0.29, 0.717) is 19.4 Å². The van der Waals surface area contributed by atoms with E-state index >= 15 is 0 Å². The third-order valence-corrected chi connectivity index (χ3v) is 7.28. The van der Waals surface area contributed by atoms with Crippen molar-refractivity contribution in [3.63, 3.8) is 0 Å². The standard InChI is InChI=1S/C21H25N3O5S/c1-16-9-11-18(12-10-16)30(28,29)23-15-5-4-6-17(23)13-14-22-21(25)19-7-2-3-8-20(19)24(26)27/h2-3,7-12,17H,4-6,13-15H2,1H3,(H,22,25). The molecule has 1 atom stereocenters. The van der Waals surface area contributed by atoms with Crippen molar-refractivity contribution in [2.24, 2.45) is 0 Å². The lowest BCUT2D eigenvalue weighted by Gasteiger charge is -2.34. The second-order valence-corrected chi connectivity index (χ2v) is 9.29. The molecule has 0 radical (unpaired) electrons. The van der Waals surface area contributed by atoms with Gasteiger partial charge in [-0.2, -0.15) is 4.31 Å². The molecule has 30 heavy (non-hydrogen) atoms. The summed E-state index contributed by atoms with van der Waals surface area (Å²) in [5, 5.41) is 13.8. The van der Waals surface area contributed by atoms with Crippen LogP contribution in [-0.4, -0.2) is 42.7 Å². The Balaban J connectivity index is 1.67. The molecule has 3 rings (SSSR count). The van der Waals surface area contributed by atoms with Crippen LogP contribution in [0, 0.1) is 17.0 Å². The summed E-state index contributed by atoms with van der Waals surface area (Å²) in [6, 6.07) is 12.3. The first-order valence-corrected chi connectivity index (χ1v) is 11.3. The lowest BCUT2D eigenvalue weighted by Crippen LogP contribution is -2.45. The van der Waals surface area contributed by atoms with Gasteiger partial charge in [-0.1, -0.05) is 36.2 Å². The van der Waals surface area contributed by atoms with Crippen LogP contribution in [0.1, 0.15) is 41.6 Å². The van der Waals surface area contributed by atoms with Gasteiger partial charge in [0, 0.05) is 25.2 Å². The number of nitro groups is 1. The molecule has 1 aliphatic rings. The highest BCUT2D eigenvalue weighted by Gasteiger charge is 2.33. The predicted molar refractivity (Wildman–Crippen MR) is 113 cm³/mol. The first-order chi connectivity index (χ1) is 14.3. The number of sulfonamides is 1. The second-order valence-electron chi connectivity index (χ2n) is 7.40. The van der Waals surface area contributed by atoms with Crippen molar-refractivity contribution < 1.29 is 18.1 Å². The molecule has 1 amide bonds. The molecule has 1 heterocycles. The van der Waals surface area contributed by atoms with E-state index in [9.17, 15) is 23.3 Å². The van der Waals surface area contributed by atoms with Crippen LogP contribution >= 0.6 is 0 Å². The van der Waals surface area contributed by atoms with E-state index < -0.39 is 20.9 Å². The van der Waals surface area contributed by atoms with Crippen LogP contribution in [-0.2, 0) is 10.0 Å². The summed E-state index contributed by atoms with van der Waals surface area (Å²) in [5.41, 5.74) is 0.730. The number of piperidine rings is 1. The number of nitro benzene ring substituents is 1. The summed E-state index contributed by atoms with van der Waals surface area (Å²) in [6.45, 7) is 2.58. The van der Waals surface area contributed by atoms with E-state index in [1.54, 1.807) is 30.3 Å². The minimum atomic E-state index is -3.62. The Bertz CT molecular complexity index is 1020. The van der Waals surface area contributed by atoms with Gasteiger partial charge in [0.25, 0.3) is 11.6 Å². The molecule has 0 spiro atoms. The Morgan fingerprint density at radius 2 is 1.87 bits per heavy atom. The van der Waals surface area contributed by atoms with E-state index in [0.717, 1.165) is 18.4 Å². The smallest absolute Gasteiger partial charge is 0.282 e. The Hall–Kier alpha value is -2.78. The number of nitrogens with one attached hydrogen (secondary N) is 1. The number of amides is 1. The number of rotatable bonds is 7. The van der Waals surface area contributed by atoms with Crippen molar-refractivity contribution in [2.45, 2.75) is 43.5 Å². The van der Waals surface area contributed by atoms with Crippen LogP contribution in [0.2, 0.25) is 0 Å². The number of aryl methyl sites for hydroxylation is 1. The van der Waals surface area contributed by atoms with Crippen molar-refractivity contribution in [1.82, 2.24) is 9.62 Å². The highest BCUT2D eigenvalue weighted by atomic mass is 32.2. The maximum absolute atomic E-state index is 13.1. The lowest BCUT2D eigenvalue weighted by molar-refractivity contribution is -0.385. The molecule has 1 saturated heterocycles. The fraction of sp³-hybridized carbons (Fsp3) is 0.381. The summed E-state index contributed by atoms with van der Waals surface area (Å²) in [4.78, 5) is 23.2. The number of hydrogen-bond acceptors (Lipinski definition) is 5. The molecule has 1 aliphatic heterocycles. The molecule has 8 nitrogen and oxygen atoms in total. The summed E-state index contributed by atoms with van der Waals surface area (Å²) in [5.74, 6) is -0.536. The first kappa shape index (κ1) is 21.9. The molecule has 160 valence electrons. The van der Waals surface area contributed by atoms with E-state index in [1.807, 2.05) is 6.92 Å². The molecule has 0 bridgehead atoms. The minimum absolute atomic E-state index is 0.00437. The van der Waals surface area contributed by atoms with E-state index in [1.165, 1.54) is 22.5 Å². The Morgan fingerprint density at radius 1 is 1.17 bits per heavy atom. The average Bonchev–Trinajstić information content (AvgIpc) is 2.74. The van der Waals surface area contributed by atoms with Gasteiger partial charge in [-0.05, 0) is 44.4 Å². The monoisotopic (exact) mass is 431 g/mol. The van der Waals surface area contributed by atoms with Crippen LogP contribution in [0.4, 0.5) is 5.69 Å². The molecule has 2 aromatic carbocycles. The van der Waals surface area contributed by atoms with Crippen molar-refractivity contribution in [3.8, 4) is 0 Å². The summed E-state index contributed by atoms with van der Waals surface area (Å²) in [7, 11) is -3.62. The third kappa shape index (κ3) is 4.85. The number of carbonyl (C=O) groups is 1. The maximum atomic E-state index is 13.1. The van der Waals surface area contributed by atoms with Crippen molar-refractivity contribution in [1.29, 1.82) is 0 Å². The second kappa shape index (κ2) is 9.36. The number of nitrogens with zero attached hydrogens (tertiary/aromatic N) is 2. The Morgan fingerprint density at radius 3 is 2.57 bits per heavy atom. The predicted octanol–water partition coefficient (Wildman–Crippen LogP) is 3.27. The summed E-state index contributed by atoms with van der Waals surface area (Å²) < 4.78 is 27.7. The molecule has 0 aliphatic carbocycles. The van der Waals surface area contributed by atoms with Crippen molar-refractivity contribution in [2.75, 3.05) is 13.1 Å². The SMILES string of the molecule is Cc1ccc(S(=O)(=O)N2CCCCC2CCNC(=O)c2ccccc2[N+](=O)[O-])cc1. The highest BCUT2D eigenvalue weighted by Crippen LogP contribution is 2.27. The number of benzene rings is 2. The van der Waals surface area contributed by atoms with Gasteiger partial charge in [0.2, 0.25) is 10.0 Å². The fourth-order valence-electron chi connectivity index (χ4n) is 3.70. The zero-order valence-electron chi connectivity index (χ0n) is 16.8. The largest absolute Gasteiger partial charge is 0.352 e. The van der Waals surface area contributed by atoms with Crippen LogP contribution in [0.15, 0.2) is 53.4 Å². The van der Waals surface area contributed by atoms with Crippen LogP contribution in [0.25, 0.3) is 0 Å². The highest BCUT2D eigenvalue weighted by molar-refractivity contribution is 7.89. The van der Waals surface area contributed by atoms with Gasteiger partial charge < -0.3 is 5.32 Å². The number of para-hydroxylation sites is 1. The fourth-order valence-corrected chi connectivity index (χ4v) is 5.42. The topological polar surface area (TPSA) is 110 Å². The van der Waals surface area contributed by atoms with Crippen LogP contribution in [0.5, 0.6) is 0 Å². The van der Waals surface area contributed by atoms with Crippen LogP contribution in [0.3, 0.4) is 0 Å². The third-order valence-electron chi connectivity index (χ3n) is 5.31. The zero-order valence-corrected chi connectivity index (χ0v) is 17.6. The van der Waals surface area contributed by atoms with E-state index in [-0.39, 0.29) is 28.7 Å². The normalized spacial score (nSPS) is 17.4. The molecule has 1 fully saturated rings. The zero-order chi connectivity index (χ0) is 21.7. The number of carbonyl (C=O) groups excluding carboxylic acids is 1. The van der Waals surface area contributed by atoms with E-state index in [2.05, 4.69) is 5.32 Å². The minimum Gasteiger partial charge on any atom is -0.352 e. The summed E-state index contributed by atoms with van der Waals surface area (Å²) >= 11 is 0. The van der Waals surface area contributed by atoms with Gasteiger partial charge in [-0.15, -0.1) is 0 Å². The Kier molecular flexibility index (Phi) is 6.84. The molecular weight excluding hydrogens is 406 g/mol. The molecule has 1 unspecified atom stereocenters. The number of hydrogen-bond donors (Lipinski definition) is 1. The Labute approximate surface area is 176 Å². The van der Waals surface area contributed by atoms with Gasteiger partial charge in [-0.3, -0.25) is 14.9 Å². The van der Waals surface area contributed by atoms with Gasteiger partial charge in [0.15, 0.2) is 0 Å². The molecule has 9 heteroatoms. The van der Waals surface area contributed by atoms with Gasteiger partial charge in [0.1, 0.15) is 5.56 Å². The summed E-state index contributed by atoms with van der Waals surface area (Å²) in [6.07, 6.45) is 2.87. The molecular formula is C21H25N3O5S. The van der Waals surface area contributed by atoms with Crippen LogP contribution < -0.4 is 5.32 Å². The van der Waals surface area contributed by atoms with Gasteiger partial charge in [0.05, 0.1) is 9.82 Å².